The molecule has 0 aromatic heterocycles. The Hall–Kier alpha value is -2.93. The van der Waals surface area contributed by atoms with E-state index in [-0.39, 0.29) is 30.8 Å². The average Bonchev–Trinajstić information content (AvgIpc) is 2.76. The molecule has 2 amide bonds. The van der Waals surface area contributed by atoms with Crippen LogP contribution in [0.15, 0.2) is 54.6 Å². The van der Waals surface area contributed by atoms with Crippen LogP contribution < -0.4 is 4.90 Å². The fourth-order valence-corrected chi connectivity index (χ4v) is 3.84. The van der Waals surface area contributed by atoms with E-state index in [9.17, 15) is 14.0 Å². The molecule has 0 radical (unpaired) electrons. The molecule has 0 aliphatic carbocycles. The maximum Gasteiger partial charge on any atom is 0.249 e. The Balaban J connectivity index is 1.41. The predicted octanol–water partition coefficient (Wildman–Crippen LogP) is 1.90. The zero-order valence-electron chi connectivity index (χ0n) is 16.2. The minimum absolute atomic E-state index is 0.00889. The highest BCUT2D eigenvalue weighted by atomic mass is 19.1. The van der Waals surface area contributed by atoms with E-state index in [0.29, 0.717) is 32.7 Å². The van der Waals surface area contributed by atoms with Crippen LogP contribution in [0.2, 0.25) is 0 Å². The van der Waals surface area contributed by atoms with Gasteiger partial charge < -0.3 is 19.4 Å². The monoisotopic (exact) mass is 397 g/mol. The molecule has 0 spiro atoms. The highest BCUT2D eigenvalue weighted by Gasteiger charge is 2.37. The maximum absolute atomic E-state index is 13.2. The predicted molar refractivity (Wildman–Crippen MR) is 107 cm³/mol. The number of carbonyl (C=O) groups is 2. The second-order valence-corrected chi connectivity index (χ2v) is 7.33. The van der Waals surface area contributed by atoms with Gasteiger partial charge in [-0.05, 0) is 29.8 Å². The Morgan fingerprint density at radius 3 is 2.38 bits per heavy atom. The van der Waals surface area contributed by atoms with Gasteiger partial charge in [0.05, 0.1) is 6.61 Å². The summed E-state index contributed by atoms with van der Waals surface area (Å²) in [7, 11) is 0. The van der Waals surface area contributed by atoms with Crippen LogP contribution in [0.25, 0.3) is 0 Å². The van der Waals surface area contributed by atoms with Crippen molar-refractivity contribution in [1.29, 1.82) is 0 Å². The first-order valence-electron chi connectivity index (χ1n) is 9.82. The first-order valence-corrected chi connectivity index (χ1v) is 9.82. The molecule has 6 nitrogen and oxygen atoms in total. The lowest BCUT2D eigenvalue weighted by Gasteiger charge is -2.41. The normalized spacial score (nSPS) is 20.1. The molecule has 2 aromatic rings. The number of carbonyl (C=O) groups excluding carboxylic acids is 2. The van der Waals surface area contributed by atoms with Crippen LogP contribution in [0.4, 0.5) is 10.1 Å². The van der Waals surface area contributed by atoms with Gasteiger partial charge in [0.25, 0.3) is 0 Å². The van der Waals surface area contributed by atoms with Gasteiger partial charge in [0.15, 0.2) is 0 Å². The molecule has 1 atom stereocenters. The Bertz CT molecular complexity index is 851. The molecule has 0 saturated carbocycles. The van der Waals surface area contributed by atoms with E-state index in [1.165, 1.54) is 12.1 Å². The molecule has 0 N–H and O–H groups in total. The third-order valence-corrected chi connectivity index (χ3v) is 5.46. The number of amides is 2. The third kappa shape index (κ3) is 4.40. The van der Waals surface area contributed by atoms with Crippen molar-refractivity contribution in [2.24, 2.45) is 0 Å². The second-order valence-electron chi connectivity index (χ2n) is 7.33. The van der Waals surface area contributed by atoms with E-state index in [2.05, 4.69) is 4.90 Å². The summed E-state index contributed by atoms with van der Waals surface area (Å²) in [5.74, 6) is -0.501. The van der Waals surface area contributed by atoms with E-state index in [1.807, 2.05) is 30.3 Å². The fourth-order valence-electron chi connectivity index (χ4n) is 3.84. The van der Waals surface area contributed by atoms with Gasteiger partial charge in [0, 0.05) is 38.4 Å². The lowest BCUT2D eigenvalue weighted by Crippen LogP contribution is -2.59. The summed E-state index contributed by atoms with van der Waals surface area (Å²) in [6, 6.07) is 15.5. The number of piperazine rings is 1. The highest BCUT2D eigenvalue weighted by molar-refractivity contribution is 5.89. The van der Waals surface area contributed by atoms with Crippen LogP contribution in [0.5, 0.6) is 0 Å². The van der Waals surface area contributed by atoms with Crippen molar-refractivity contribution in [3.63, 3.8) is 0 Å². The Kier molecular flexibility index (Phi) is 5.76. The molecule has 7 heteroatoms. The van der Waals surface area contributed by atoms with Crippen molar-refractivity contribution in [2.45, 2.75) is 12.6 Å². The number of morpholine rings is 1. The number of hydrogen-bond acceptors (Lipinski definition) is 4. The molecule has 152 valence electrons. The molecule has 29 heavy (non-hydrogen) atoms. The van der Waals surface area contributed by atoms with E-state index >= 15 is 0 Å². The van der Waals surface area contributed by atoms with Gasteiger partial charge in [0.2, 0.25) is 11.8 Å². The van der Waals surface area contributed by atoms with Crippen LogP contribution in [-0.4, -0.2) is 67.0 Å². The Labute approximate surface area is 169 Å². The molecule has 2 fully saturated rings. The quantitative estimate of drug-likeness (QED) is 0.791. The summed E-state index contributed by atoms with van der Waals surface area (Å²) in [5, 5.41) is 0. The third-order valence-electron chi connectivity index (χ3n) is 5.46. The molecule has 0 unspecified atom stereocenters. The van der Waals surface area contributed by atoms with Gasteiger partial charge in [-0.2, -0.15) is 0 Å². The van der Waals surface area contributed by atoms with Gasteiger partial charge in [-0.3, -0.25) is 9.59 Å². The van der Waals surface area contributed by atoms with Crippen LogP contribution in [0, 0.1) is 5.82 Å². The van der Waals surface area contributed by atoms with Gasteiger partial charge in [-0.25, -0.2) is 4.39 Å². The fraction of sp³-hybridized carbons (Fsp3) is 0.364. The first-order chi connectivity index (χ1) is 14.1. The number of benzene rings is 2. The van der Waals surface area contributed by atoms with E-state index in [4.69, 9.17) is 4.74 Å². The van der Waals surface area contributed by atoms with Crippen molar-refractivity contribution in [3.8, 4) is 0 Å². The van der Waals surface area contributed by atoms with Gasteiger partial charge in [-0.1, -0.05) is 30.3 Å². The highest BCUT2D eigenvalue weighted by Crippen LogP contribution is 2.20. The van der Waals surface area contributed by atoms with E-state index in [1.54, 1.807) is 21.9 Å². The lowest BCUT2D eigenvalue weighted by molar-refractivity contribution is -0.160. The zero-order chi connectivity index (χ0) is 20.2. The molecule has 2 aromatic carbocycles. The molecule has 2 aliphatic rings. The van der Waals surface area contributed by atoms with Crippen molar-refractivity contribution in [1.82, 2.24) is 9.80 Å². The van der Waals surface area contributed by atoms with E-state index in [0.717, 1.165) is 11.3 Å². The van der Waals surface area contributed by atoms with Gasteiger partial charge in [-0.15, -0.1) is 0 Å². The SMILES string of the molecule is O=C([C@H]1COCC(=O)N1Cc1ccccc1)N1CCN(c2ccc(F)cc2)CC1. The largest absolute Gasteiger partial charge is 0.369 e. The zero-order valence-corrected chi connectivity index (χ0v) is 16.2. The number of anilines is 1. The number of hydrogen-bond donors (Lipinski definition) is 0. The van der Waals surface area contributed by atoms with Crippen LogP contribution in [-0.2, 0) is 20.9 Å². The standard InChI is InChI=1S/C22H24FN3O3/c23-18-6-8-19(9-7-18)24-10-12-25(13-11-24)22(28)20-15-29-16-21(27)26(20)14-17-4-2-1-3-5-17/h1-9,20H,10-16H2/t20-/m1/s1. The maximum atomic E-state index is 13.2. The van der Waals surface area contributed by atoms with Crippen molar-refractivity contribution >= 4 is 17.5 Å². The number of ether oxygens (including phenoxy) is 1. The second kappa shape index (κ2) is 8.61. The average molecular weight is 397 g/mol. The van der Waals surface area contributed by atoms with E-state index < -0.39 is 6.04 Å². The first kappa shape index (κ1) is 19.4. The summed E-state index contributed by atoms with van der Waals surface area (Å²) < 4.78 is 18.5. The van der Waals surface area contributed by atoms with Crippen molar-refractivity contribution < 1.29 is 18.7 Å². The molecule has 4 rings (SSSR count). The minimum atomic E-state index is -0.603. The van der Waals surface area contributed by atoms with Gasteiger partial charge >= 0.3 is 0 Å². The van der Waals surface area contributed by atoms with Crippen LogP contribution >= 0.6 is 0 Å². The molecular weight excluding hydrogens is 373 g/mol. The van der Waals surface area contributed by atoms with Crippen molar-refractivity contribution in [2.75, 3.05) is 44.3 Å². The smallest absolute Gasteiger partial charge is 0.249 e. The molecule has 2 aliphatic heterocycles. The summed E-state index contributed by atoms with van der Waals surface area (Å²) in [5.41, 5.74) is 1.93. The van der Waals surface area contributed by atoms with Crippen LogP contribution in [0.1, 0.15) is 5.56 Å². The molecule has 0 bridgehead atoms. The molecule has 2 saturated heterocycles. The number of halogens is 1. The van der Waals surface area contributed by atoms with Crippen molar-refractivity contribution in [3.05, 3.63) is 66.0 Å². The number of nitrogens with zero attached hydrogens (tertiary/aromatic N) is 3. The minimum Gasteiger partial charge on any atom is -0.369 e. The van der Waals surface area contributed by atoms with Crippen LogP contribution in [0.3, 0.4) is 0 Å². The Morgan fingerprint density at radius 1 is 1.00 bits per heavy atom. The van der Waals surface area contributed by atoms with Gasteiger partial charge in [0.1, 0.15) is 18.5 Å². The molecule has 2 heterocycles. The Morgan fingerprint density at radius 2 is 1.69 bits per heavy atom. The lowest BCUT2D eigenvalue weighted by atomic mass is 10.1. The summed E-state index contributed by atoms with van der Waals surface area (Å²) >= 11 is 0. The molecular formula is C22H24FN3O3. The summed E-state index contributed by atoms with van der Waals surface area (Å²) in [4.78, 5) is 31.2. The number of rotatable bonds is 4. The summed E-state index contributed by atoms with van der Waals surface area (Å²) in [6.45, 7) is 3.06. The topological polar surface area (TPSA) is 53.1 Å². The summed E-state index contributed by atoms with van der Waals surface area (Å²) in [6.07, 6.45) is 0.